The normalized spacial score (nSPS) is 14.8. The standard InChI is InChI=1S/C22H27FN2O3/c1-4-28-20-8-6-18(13-16(20)2)22(26)25-11-9-24(10-12-25)15-17-5-7-21(27-3)19(23)14-17/h5-8,13-14H,4,9-12,15H2,1-3H3. The number of amides is 1. The molecule has 1 amide bonds. The van der Waals surface area contributed by atoms with E-state index < -0.39 is 0 Å². The minimum absolute atomic E-state index is 0.0429. The summed E-state index contributed by atoms with van der Waals surface area (Å²) >= 11 is 0. The molecule has 1 aliphatic heterocycles. The molecule has 6 heteroatoms. The van der Waals surface area contributed by atoms with Crippen LogP contribution in [-0.4, -0.2) is 55.6 Å². The van der Waals surface area contributed by atoms with Crippen LogP contribution < -0.4 is 9.47 Å². The van der Waals surface area contributed by atoms with Gasteiger partial charge >= 0.3 is 0 Å². The summed E-state index contributed by atoms with van der Waals surface area (Å²) in [4.78, 5) is 16.9. The Balaban J connectivity index is 1.57. The highest BCUT2D eigenvalue weighted by Crippen LogP contribution is 2.22. The van der Waals surface area contributed by atoms with E-state index in [2.05, 4.69) is 4.90 Å². The van der Waals surface area contributed by atoms with Crippen molar-refractivity contribution < 1.29 is 18.7 Å². The predicted octanol–water partition coefficient (Wildman–Crippen LogP) is 3.50. The molecule has 0 unspecified atom stereocenters. The number of carbonyl (C=O) groups excluding carboxylic acids is 1. The Morgan fingerprint density at radius 1 is 1.07 bits per heavy atom. The van der Waals surface area contributed by atoms with Gasteiger partial charge in [0.05, 0.1) is 13.7 Å². The van der Waals surface area contributed by atoms with Crippen LogP contribution >= 0.6 is 0 Å². The Kier molecular flexibility index (Phi) is 6.52. The van der Waals surface area contributed by atoms with E-state index >= 15 is 0 Å². The van der Waals surface area contributed by atoms with E-state index in [0.29, 0.717) is 31.8 Å². The van der Waals surface area contributed by atoms with Crippen LogP contribution in [-0.2, 0) is 6.54 Å². The fourth-order valence-electron chi connectivity index (χ4n) is 3.46. The third kappa shape index (κ3) is 4.62. The van der Waals surface area contributed by atoms with Gasteiger partial charge in [-0.2, -0.15) is 0 Å². The molecule has 0 bridgehead atoms. The first-order valence-corrected chi connectivity index (χ1v) is 9.59. The number of rotatable bonds is 6. The Morgan fingerprint density at radius 3 is 2.39 bits per heavy atom. The van der Waals surface area contributed by atoms with Crippen molar-refractivity contribution in [3.05, 3.63) is 58.9 Å². The topological polar surface area (TPSA) is 42.0 Å². The van der Waals surface area contributed by atoms with Crippen LogP contribution in [0.25, 0.3) is 0 Å². The molecule has 0 N–H and O–H groups in total. The molecule has 0 atom stereocenters. The van der Waals surface area contributed by atoms with Gasteiger partial charge in [0.15, 0.2) is 11.6 Å². The summed E-state index contributed by atoms with van der Waals surface area (Å²) in [6, 6.07) is 10.6. The zero-order valence-corrected chi connectivity index (χ0v) is 16.7. The van der Waals surface area contributed by atoms with Gasteiger partial charge in [-0.05, 0) is 55.3 Å². The van der Waals surface area contributed by atoms with Gasteiger partial charge in [-0.15, -0.1) is 0 Å². The van der Waals surface area contributed by atoms with Crippen LogP contribution in [0, 0.1) is 12.7 Å². The van der Waals surface area contributed by atoms with Crippen molar-refractivity contribution in [2.75, 3.05) is 39.9 Å². The first-order chi connectivity index (χ1) is 13.5. The molecule has 150 valence electrons. The van der Waals surface area contributed by atoms with Crippen LogP contribution in [0.4, 0.5) is 4.39 Å². The summed E-state index contributed by atoms with van der Waals surface area (Å²) < 4.78 is 24.4. The van der Waals surface area contributed by atoms with E-state index in [-0.39, 0.29) is 17.5 Å². The number of halogens is 1. The molecule has 2 aromatic rings. The third-order valence-corrected chi connectivity index (χ3v) is 5.00. The smallest absolute Gasteiger partial charge is 0.253 e. The Hall–Kier alpha value is -2.60. The summed E-state index contributed by atoms with van der Waals surface area (Å²) in [6.07, 6.45) is 0. The summed E-state index contributed by atoms with van der Waals surface area (Å²) in [5.41, 5.74) is 2.56. The molecule has 5 nitrogen and oxygen atoms in total. The van der Waals surface area contributed by atoms with Crippen molar-refractivity contribution in [2.45, 2.75) is 20.4 Å². The lowest BCUT2D eigenvalue weighted by atomic mass is 10.1. The second kappa shape index (κ2) is 9.06. The lowest BCUT2D eigenvalue weighted by Gasteiger charge is -2.35. The quantitative estimate of drug-likeness (QED) is 0.762. The Bertz CT molecular complexity index is 833. The molecule has 3 rings (SSSR count). The molecular weight excluding hydrogens is 359 g/mol. The van der Waals surface area contributed by atoms with Crippen LogP contribution in [0.3, 0.4) is 0 Å². The molecule has 0 spiro atoms. The van der Waals surface area contributed by atoms with E-state index in [9.17, 15) is 9.18 Å². The van der Waals surface area contributed by atoms with Gasteiger partial charge in [-0.25, -0.2) is 4.39 Å². The van der Waals surface area contributed by atoms with E-state index in [0.717, 1.165) is 30.0 Å². The van der Waals surface area contributed by atoms with E-state index in [1.54, 1.807) is 6.07 Å². The highest BCUT2D eigenvalue weighted by molar-refractivity contribution is 5.94. The molecule has 0 aliphatic carbocycles. The van der Waals surface area contributed by atoms with E-state index in [4.69, 9.17) is 9.47 Å². The molecule has 1 heterocycles. The second-order valence-electron chi connectivity index (χ2n) is 6.95. The highest BCUT2D eigenvalue weighted by atomic mass is 19.1. The van der Waals surface area contributed by atoms with Crippen molar-refractivity contribution in [1.29, 1.82) is 0 Å². The molecular formula is C22H27FN2O3. The summed E-state index contributed by atoms with van der Waals surface area (Å²) in [7, 11) is 1.46. The largest absolute Gasteiger partial charge is 0.494 e. The van der Waals surface area contributed by atoms with Crippen LogP contribution in [0.1, 0.15) is 28.4 Å². The predicted molar refractivity (Wildman–Crippen MR) is 106 cm³/mol. The average Bonchev–Trinajstić information content (AvgIpc) is 2.70. The molecule has 0 aromatic heterocycles. The van der Waals surface area contributed by atoms with Crippen LogP contribution in [0.15, 0.2) is 36.4 Å². The maximum Gasteiger partial charge on any atom is 0.253 e. The zero-order valence-electron chi connectivity index (χ0n) is 16.7. The number of hydrogen-bond donors (Lipinski definition) is 0. The van der Waals surface area contributed by atoms with Crippen molar-refractivity contribution in [3.63, 3.8) is 0 Å². The van der Waals surface area contributed by atoms with E-state index in [1.165, 1.54) is 13.2 Å². The zero-order chi connectivity index (χ0) is 20.1. The van der Waals surface area contributed by atoms with E-state index in [1.807, 2.05) is 43.0 Å². The average molecular weight is 386 g/mol. The van der Waals surface area contributed by atoms with Gasteiger partial charge in [0, 0.05) is 38.3 Å². The first kappa shape index (κ1) is 20.1. The number of piperazine rings is 1. The number of hydrogen-bond acceptors (Lipinski definition) is 4. The maximum absolute atomic E-state index is 13.9. The van der Waals surface area contributed by atoms with Gasteiger partial charge in [0.2, 0.25) is 0 Å². The highest BCUT2D eigenvalue weighted by Gasteiger charge is 2.23. The lowest BCUT2D eigenvalue weighted by Crippen LogP contribution is -2.48. The lowest BCUT2D eigenvalue weighted by molar-refractivity contribution is 0.0628. The minimum atomic E-state index is -0.348. The van der Waals surface area contributed by atoms with Crippen molar-refractivity contribution in [1.82, 2.24) is 9.80 Å². The van der Waals surface area contributed by atoms with Crippen LogP contribution in [0.5, 0.6) is 11.5 Å². The minimum Gasteiger partial charge on any atom is -0.494 e. The van der Waals surface area contributed by atoms with Crippen molar-refractivity contribution >= 4 is 5.91 Å². The second-order valence-corrected chi connectivity index (χ2v) is 6.95. The molecule has 1 saturated heterocycles. The summed E-state index contributed by atoms with van der Waals surface area (Å²) in [5.74, 6) is 0.765. The molecule has 0 saturated carbocycles. The summed E-state index contributed by atoms with van der Waals surface area (Å²) in [6.45, 7) is 7.99. The molecule has 28 heavy (non-hydrogen) atoms. The molecule has 1 fully saturated rings. The fourth-order valence-corrected chi connectivity index (χ4v) is 3.46. The summed E-state index contributed by atoms with van der Waals surface area (Å²) in [5, 5.41) is 0. The van der Waals surface area contributed by atoms with Gasteiger partial charge in [0.25, 0.3) is 5.91 Å². The number of nitrogens with zero attached hydrogens (tertiary/aromatic N) is 2. The molecule has 0 radical (unpaired) electrons. The van der Waals surface area contributed by atoms with Gasteiger partial charge < -0.3 is 14.4 Å². The van der Waals surface area contributed by atoms with Gasteiger partial charge in [-0.3, -0.25) is 9.69 Å². The first-order valence-electron chi connectivity index (χ1n) is 9.59. The van der Waals surface area contributed by atoms with Crippen molar-refractivity contribution in [2.24, 2.45) is 0 Å². The maximum atomic E-state index is 13.9. The number of methoxy groups -OCH3 is 1. The monoisotopic (exact) mass is 386 g/mol. The van der Waals surface area contributed by atoms with Gasteiger partial charge in [0.1, 0.15) is 5.75 Å². The fraction of sp³-hybridized carbons (Fsp3) is 0.409. The molecule has 2 aromatic carbocycles. The molecule has 1 aliphatic rings. The third-order valence-electron chi connectivity index (χ3n) is 5.00. The number of ether oxygens (including phenoxy) is 2. The Labute approximate surface area is 165 Å². The Morgan fingerprint density at radius 2 is 1.79 bits per heavy atom. The number of aryl methyl sites for hydroxylation is 1. The van der Waals surface area contributed by atoms with Gasteiger partial charge in [-0.1, -0.05) is 6.07 Å². The number of benzene rings is 2. The number of carbonyl (C=O) groups is 1. The SMILES string of the molecule is CCOc1ccc(C(=O)N2CCN(Cc3ccc(OC)c(F)c3)CC2)cc1C. The van der Waals surface area contributed by atoms with Crippen molar-refractivity contribution in [3.8, 4) is 11.5 Å². The van der Waals surface area contributed by atoms with Crippen LogP contribution in [0.2, 0.25) is 0 Å².